The van der Waals surface area contributed by atoms with Crippen LogP contribution in [0.25, 0.3) is 0 Å². The van der Waals surface area contributed by atoms with Crippen LogP contribution in [0.5, 0.6) is 0 Å². The molecule has 4 amide bonds. The van der Waals surface area contributed by atoms with Crippen LogP contribution in [-0.2, 0) is 16.0 Å². The zero-order valence-electron chi connectivity index (χ0n) is 22.3. The molecule has 216 valence electrons. The average Bonchev–Trinajstić information content (AvgIpc) is 2.89. The SMILES string of the molecule is CCC1(NC(=O)NC(Cc2c[nH]c(=O)nc2NC(=O)c2c(Cl)cccc2Cl)C(=O)O)CCN(C(=O)C(C)C)CC1. The molecule has 2 aromatic rings. The largest absolute Gasteiger partial charge is 0.480 e. The molecule has 0 saturated carbocycles. The van der Waals surface area contributed by atoms with Crippen molar-refractivity contribution in [3.63, 3.8) is 0 Å². The summed E-state index contributed by atoms with van der Waals surface area (Å²) in [5.41, 5.74) is -1.28. The van der Waals surface area contributed by atoms with Crippen molar-refractivity contribution in [2.24, 2.45) is 5.92 Å². The molecule has 1 fully saturated rings. The number of hydrogen-bond acceptors (Lipinski definition) is 6. The number of nitrogens with zero attached hydrogens (tertiary/aromatic N) is 2. The number of aromatic nitrogens is 2. The van der Waals surface area contributed by atoms with E-state index in [-0.39, 0.29) is 45.2 Å². The lowest BCUT2D eigenvalue weighted by Gasteiger charge is -2.42. The first-order valence-corrected chi connectivity index (χ1v) is 13.6. The van der Waals surface area contributed by atoms with Gasteiger partial charge in [-0.2, -0.15) is 4.98 Å². The summed E-state index contributed by atoms with van der Waals surface area (Å²) >= 11 is 12.2. The monoisotopic (exact) mass is 594 g/mol. The highest BCUT2D eigenvalue weighted by molar-refractivity contribution is 6.40. The third-order valence-electron chi connectivity index (χ3n) is 6.92. The van der Waals surface area contributed by atoms with Gasteiger partial charge >= 0.3 is 17.7 Å². The zero-order valence-corrected chi connectivity index (χ0v) is 23.9. The number of rotatable bonds is 9. The molecule has 1 aromatic carbocycles. The number of nitrogens with one attached hydrogen (secondary N) is 4. The van der Waals surface area contributed by atoms with E-state index in [2.05, 4.69) is 25.9 Å². The van der Waals surface area contributed by atoms with Gasteiger partial charge in [0.25, 0.3) is 5.91 Å². The summed E-state index contributed by atoms with van der Waals surface area (Å²) in [5.74, 6) is -2.37. The Morgan fingerprint density at radius 1 is 1.15 bits per heavy atom. The summed E-state index contributed by atoms with van der Waals surface area (Å²) in [7, 11) is 0. The van der Waals surface area contributed by atoms with Gasteiger partial charge in [-0.25, -0.2) is 14.4 Å². The molecule has 0 radical (unpaired) electrons. The number of aliphatic carboxylic acids is 1. The predicted octanol–water partition coefficient (Wildman–Crippen LogP) is 3.05. The third kappa shape index (κ3) is 7.51. The molecule has 1 unspecified atom stereocenters. The number of carboxylic acids is 1. The molecule has 1 aliphatic rings. The van der Waals surface area contributed by atoms with Crippen LogP contribution >= 0.6 is 23.2 Å². The van der Waals surface area contributed by atoms with E-state index in [1.54, 1.807) is 11.0 Å². The van der Waals surface area contributed by atoms with E-state index >= 15 is 0 Å². The molecule has 12 nitrogen and oxygen atoms in total. The Balaban J connectivity index is 1.73. The van der Waals surface area contributed by atoms with Gasteiger partial charge in [-0.1, -0.05) is 50.0 Å². The van der Waals surface area contributed by atoms with Gasteiger partial charge in [-0.15, -0.1) is 0 Å². The highest BCUT2D eigenvalue weighted by Crippen LogP contribution is 2.27. The molecule has 1 saturated heterocycles. The number of carbonyl (C=O) groups excluding carboxylic acids is 3. The molecule has 14 heteroatoms. The van der Waals surface area contributed by atoms with Gasteiger partial charge in [-0.05, 0) is 31.4 Å². The van der Waals surface area contributed by atoms with Crippen molar-refractivity contribution < 1.29 is 24.3 Å². The number of H-pyrrole nitrogens is 1. The van der Waals surface area contributed by atoms with Crippen molar-refractivity contribution in [3.05, 3.63) is 56.1 Å². The fourth-order valence-corrected chi connectivity index (χ4v) is 5.08. The standard InChI is InChI=1S/C26H32Cl2N6O6/c1-4-26(8-10-34(11-9-26)22(36)14(2)3)33-25(40)30-18(23(37)38)12-15-13-29-24(39)32-20(15)31-21(35)19-16(27)6-5-7-17(19)28/h5-7,13-14,18H,4,8-12H2,1-3H3,(H,37,38)(H2,30,33,40)(H2,29,31,32,35,39). The second kappa shape index (κ2) is 13.1. The van der Waals surface area contributed by atoms with E-state index in [1.807, 2.05) is 20.8 Å². The fourth-order valence-electron chi connectivity index (χ4n) is 4.51. The summed E-state index contributed by atoms with van der Waals surface area (Å²) in [5, 5.41) is 17.8. The van der Waals surface area contributed by atoms with Crippen molar-refractivity contribution in [1.29, 1.82) is 0 Å². The van der Waals surface area contributed by atoms with Crippen molar-refractivity contribution >= 4 is 52.8 Å². The smallest absolute Gasteiger partial charge is 0.346 e. The first-order chi connectivity index (χ1) is 18.9. The molecular formula is C26H32Cl2N6O6. The summed E-state index contributed by atoms with van der Waals surface area (Å²) in [6.07, 6.45) is 2.54. The Bertz CT molecular complexity index is 1320. The topological polar surface area (TPSA) is 174 Å². The lowest BCUT2D eigenvalue weighted by molar-refractivity contribution is -0.139. The second-order valence-electron chi connectivity index (χ2n) is 9.94. The number of amides is 4. The van der Waals surface area contributed by atoms with Crippen LogP contribution in [0, 0.1) is 5.92 Å². The predicted molar refractivity (Wildman–Crippen MR) is 150 cm³/mol. The van der Waals surface area contributed by atoms with Gasteiger partial charge in [0.15, 0.2) is 0 Å². The van der Waals surface area contributed by atoms with Crippen LogP contribution in [0.2, 0.25) is 10.0 Å². The maximum atomic E-state index is 12.9. The van der Waals surface area contributed by atoms with E-state index in [0.29, 0.717) is 32.4 Å². The van der Waals surface area contributed by atoms with Crippen LogP contribution in [0.15, 0.2) is 29.2 Å². The number of halogens is 2. The zero-order chi connectivity index (χ0) is 29.6. The summed E-state index contributed by atoms with van der Waals surface area (Å²) in [6.45, 7) is 6.55. The number of hydrogen-bond donors (Lipinski definition) is 5. The van der Waals surface area contributed by atoms with Crippen LogP contribution in [0.3, 0.4) is 0 Å². The van der Waals surface area contributed by atoms with Crippen LogP contribution in [-0.4, -0.2) is 68.5 Å². The first-order valence-electron chi connectivity index (χ1n) is 12.8. The summed E-state index contributed by atoms with van der Waals surface area (Å²) in [4.78, 5) is 70.0. The number of aromatic amines is 1. The normalized spacial score (nSPS) is 15.3. The average molecular weight is 595 g/mol. The fraction of sp³-hybridized carbons (Fsp3) is 0.462. The van der Waals surface area contributed by atoms with Crippen molar-refractivity contribution in [2.45, 2.75) is 58.0 Å². The molecule has 40 heavy (non-hydrogen) atoms. The Kier molecular flexibility index (Phi) is 10.2. The van der Waals surface area contributed by atoms with Crippen molar-refractivity contribution in [3.8, 4) is 0 Å². The first kappa shape index (κ1) is 30.9. The minimum absolute atomic E-state index is 0.0443. The molecule has 5 N–H and O–H groups in total. The second-order valence-corrected chi connectivity index (χ2v) is 10.8. The minimum Gasteiger partial charge on any atom is -0.480 e. The number of benzene rings is 1. The highest BCUT2D eigenvalue weighted by Gasteiger charge is 2.37. The van der Waals surface area contributed by atoms with Crippen LogP contribution in [0.4, 0.5) is 10.6 Å². The number of anilines is 1. The molecule has 0 aliphatic carbocycles. The molecule has 1 atom stereocenters. The van der Waals surface area contributed by atoms with Gasteiger partial charge < -0.3 is 30.9 Å². The molecule has 3 rings (SSSR count). The Labute approximate surface area is 240 Å². The van der Waals surface area contributed by atoms with Gasteiger partial charge in [0.05, 0.1) is 15.6 Å². The molecule has 2 heterocycles. The number of piperidine rings is 1. The maximum Gasteiger partial charge on any atom is 0.346 e. The van der Waals surface area contributed by atoms with Gasteiger partial charge in [-0.3, -0.25) is 9.59 Å². The lowest BCUT2D eigenvalue weighted by Crippen LogP contribution is -2.59. The van der Waals surface area contributed by atoms with Gasteiger partial charge in [0.1, 0.15) is 11.9 Å². The quantitative estimate of drug-likeness (QED) is 0.296. The van der Waals surface area contributed by atoms with Crippen molar-refractivity contribution in [1.82, 2.24) is 25.5 Å². The lowest BCUT2D eigenvalue weighted by atomic mass is 9.84. The Morgan fingerprint density at radius 3 is 2.33 bits per heavy atom. The van der Waals surface area contributed by atoms with E-state index < -0.39 is 35.2 Å². The third-order valence-corrected chi connectivity index (χ3v) is 7.55. The van der Waals surface area contributed by atoms with E-state index in [0.717, 1.165) is 0 Å². The van der Waals surface area contributed by atoms with Crippen LogP contribution < -0.4 is 21.6 Å². The van der Waals surface area contributed by atoms with E-state index in [4.69, 9.17) is 23.2 Å². The highest BCUT2D eigenvalue weighted by atomic mass is 35.5. The Morgan fingerprint density at radius 2 is 1.77 bits per heavy atom. The maximum absolute atomic E-state index is 12.9. The molecule has 1 aromatic heterocycles. The van der Waals surface area contributed by atoms with Crippen LogP contribution in [0.1, 0.15) is 56.0 Å². The summed E-state index contributed by atoms with van der Waals surface area (Å²) < 4.78 is 0. The van der Waals surface area contributed by atoms with Gasteiger partial charge in [0.2, 0.25) is 5.91 Å². The van der Waals surface area contributed by atoms with E-state index in [1.165, 1.54) is 18.3 Å². The molecular weight excluding hydrogens is 563 g/mol. The summed E-state index contributed by atoms with van der Waals surface area (Å²) in [6, 6.07) is 2.37. The minimum atomic E-state index is -1.43. The number of likely N-dealkylation sites (tertiary alicyclic amines) is 1. The van der Waals surface area contributed by atoms with E-state index in [9.17, 15) is 29.1 Å². The number of carboxylic acid groups (broad SMARTS) is 1. The van der Waals surface area contributed by atoms with Crippen molar-refractivity contribution in [2.75, 3.05) is 18.4 Å². The molecule has 0 spiro atoms. The van der Waals surface area contributed by atoms with Gasteiger partial charge in [0, 0.05) is 42.7 Å². The molecule has 1 aliphatic heterocycles. The molecule has 0 bridgehead atoms. The number of urea groups is 1. The number of carbonyl (C=O) groups is 4. The Hall–Kier alpha value is -3.64.